The number of guanidine groups is 1. The molecule has 0 aromatic heterocycles. The fourth-order valence-electron chi connectivity index (χ4n) is 2.66. The van der Waals surface area contributed by atoms with Gasteiger partial charge in [-0.15, -0.1) is 24.0 Å². The van der Waals surface area contributed by atoms with Gasteiger partial charge in [-0.3, -0.25) is 4.79 Å². The number of halogens is 1. The van der Waals surface area contributed by atoms with Crippen LogP contribution >= 0.6 is 24.0 Å². The Morgan fingerprint density at radius 2 is 1.62 bits per heavy atom. The Kier molecular flexibility index (Phi) is 9.76. The van der Waals surface area contributed by atoms with Gasteiger partial charge in [-0.05, 0) is 49.6 Å². The predicted molar refractivity (Wildman–Crippen MR) is 127 cm³/mol. The predicted octanol–water partition coefficient (Wildman–Crippen LogP) is 3.68. The lowest BCUT2D eigenvalue weighted by Crippen LogP contribution is -2.41. The molecule has 0 radical (unpaired) electrons. The average Bonchev–Trinajstić information content (AvgIpc) is 3.56. The SMILES string of the molecule is CCNC(=NCc1ccc(Oc2ccccc2)cc1)NCCNC(=O)C1CC1.I. The van der Waals surface area contributed by atoms with E-state index in [0.717, 1.165) is 42.4 Å². The average molecular weight is 508 g/mol. The second kappa shape index (κ2) is 12.3. The standard InChI is InChI=1S/C22H28N4O2.HI/c1-2-23-22(25-15-14-24-21(27)18-10-11-18)26-16-17-8-12-20(13-9-17)28-19-6-4-3-5-7-19;/h3-9,12-13,18H,2,10-11,14-16H2,1H3,(H,24,27)(H2,23,25,26);1H. The summed E-state index contributed by atoms with van der Waals surface area (Å²) in [6.07, 6.45) is 2.05. The first-order chi connectivity index (χ1) is 13.7. The zero-order chi connectivity index (χ0) is 19.6. The van der Waals surface area contributed by atoms with Gasteiger partial charge in [-0.25, -0.2) is 4.99 Å². The van der Waals surface area contributed by atoms with Crippen LogP contribution in [0.1, 0.15) is 25.3 Å². The van der Waals surface area contributed by atoms with E-state index in [0.29, 0.717) is 19.6 Å². The van der Waals surface area contributed by atoms with Crippen LogP contribution in [0.4, 0.5) is 0 Å². The van der Waals surface area contributed by atoms with Crippen molar-refractivity contribution in [1.82, 2.24) is 16.0 Å². The molecule has 1 amide bonds. The van der Waals surface area contributed by atoms with Crippen LogP contribution in [0.25, 0.3) is 0 Å². The van der Waals surface area contributed by atoms with Crippen molar-refractivity contribution in [2.75, 3.05) is 19.6 Å². The highest BCUT2D eigenvalue weighted by molar-refractivity contribution is 14.0. The second-order valence-corrected chi connectivity index (χ2v) is 6.75. The van der Waals surface area contributed by atoms with Crippen LogP contribution in [0.3, 0.4) is 0 Å². The topological polar surface area (TPSA) is 74.8 Å². The van der Waals surface area contributed by atoms with Crippen molar-refractivity contribution in [1.29, 1.82) is 0 Å². The molecule has 1 aliphatic rings. The molecule has 0 aliphatic heterocycles. The van der Waals surface area contributed by atoms with Crippen LogP contribution in [-0.4, -0.2) is 31.5 Å². The number of rotatable bonds is 9. The van der Waals surface area contributed by atoms with Gasteiger partial charge in [-0.1, -0.05) is 30.3 Å². The van der Waals surface area contributed by atoms with E-state index in [1.807, 2.05) is 61.5 Å². The number of para-hydroxylation sites is 1. The van der Waals surface area contributed by atoms with Crippen molar-refractivity contribution in [3.63, 3.8) is 0 Å². The van der Waals surface area contributed by atoms with E-state index in [1.54, 1.807) is 0 Å². The van der Waals surface area contributed by atoms with Gasteiger partial charge in [0.05, 0.1) is 6.54 Å². The third-order valence-corrected chi connectivity index (χ3v) is 4.33. The van der Waals surface area contributed by atoms with Gasteiger partial charge in [-0.2, -0.15) is 0 Å². The van der Waals surface area contributed by atoms with Crippen molar-refractivity contribution in [2.24, 2.45) is 10.9 Å². The molecule has 0 unspecified atom stereocenters. The van der Waals surface area contributed by atoms with Crippen molar-refractivity contribution in [2.45, 2.75) is 26.3 Å². The van der Waals surface area contributed by atoms with Crippen LogP contribution in [-0.2, 0) is 11.3 Å². The minimum absolute atomic E-state index is 0. The van der Waals surface area contributed by atoms with Gasteiger partial charge >= 0.3 is 0 Å². The molecule has 1 saturated carbocycles. The molecular weight excluding hydrogens is 479 g/mol. The summed E-state index contributed by atoms with van der Waals surface area (Å²) in [6.45, 7) is 4.63. The first kappa shape index (κ1) is 23.0. The van der Waals surface area contributed by atoms with Crippen LogP contribution in [0, 0.1) is 5.92 Å². The Bertz CT molecular complexity index is 777. The Balaban J connectivity index is 0.00000300. The minimum atomic E-state index is 0. The number of amides is 1. The first-order valence-corrected chi connectivity index (χ1v) is 9.86. The number of hydrogen-bond acceptors (Lipinski definition) is 3. The highest BCUT2D eigenvalue weighted by Gasteiger charge is 2.28. The molecule has 1 fully saturated rings. The maximum atomic E-state index is 11.6. The number of hydrogen-bond donors (Lipinski definition) is 3. The van der Waals surface area contributed by atoms with E-state index in [1.165, 1.54) is 0 Å². The van der Waals surface area contributed by atoms with Gasteiger partial charge in [0.2, 0.25) is 5.91 Å². The minimum Gasteiger partial charge on any atom is -0.457 e. The number of nitrogens with zero attached hydrogens (tertiary/aromatic N) is 1. The Morgan fingerprint density at radius 3 is 2.28 bits per heavy atom. The van der Waals surface area contributed by atoms with Crippen molar-refractivity contribution >= 4 is 35.8 Å². The number of nitrogens with one attached hydrogen (secondary N) is 3. The molecular formula is C22H29IN4O2. The molecule has 0 spiro atoms. The Morgan fingerprint density at radius 1 is 0.966 bits per heavy atom. The lowest BCUT2D eigenvalue weighted by molar-refractivity contribution is -0.122. The summed E-state index contributed by atoms with van der Waals surface area (Å²) in [5.41, 5.74) is 1.10. The third kappa shape index (κ3) is 8.31. The molecule has 7 heteroatoms. The lowest BCUT2D eigenvalue weighted by Gasteiger charge is -2.12. The summed E-state index contributed by atoms with van der Waals surface area (Å²) in [6, 6.07) is 17.7. The van der Waals surface area contributed by atoms with Gasteiger partial charge in [0.25, 0.3) is 0 Å². The quantitative estimate of drug-likeness (QED) is 0.209. The van der Waals surface area contributed by atoms with Gasteiger partial charge < -0.3 is 20.7 Å². The highest BCUT2D eigenvalue weighted by atomic mass is 127. The van der Waals surface area contributed by atoms with Crippen LogP contribution in [0.5, 0.6) is 11.5 Å². The summed E-state index contributed by atoms with van der Waals surface area (Å²) in [7, 11) is 0. The van der Waals surface area contributed by atoms with E-state index in [2.05, 4.69) is 20.9 Å². The molecule has 1 aliphatic carbocycles. The van der Waals surface area contributed by atoms with Gasteiger partial charge in [0.15, 0.2) is 5.96 Å². The Hall–Kier alpha value is -2.29. The smallest absolute Gasteiger partial charge is 0.223 e. The molecule has 0 bridgehead atoms. The molecule has 0 saturated heterocycles. The molecule has 3 N–H and O–H groups in total. The van der Waals surface area contributed by atoms with Gasteiger partial charge in [0.1, 0.15) is 11.5 Å². The highest BCUT2D eigenvalue weighted by Crippen LogP contribution is 2.28. The molecule has 6 nitrogen and oxygen atoms in total. The summed E-state index contributed by atoms with van der Waals surface area (Å²) in [4.78, 5) is 16.2. The zero-order valence-corrected chi connectivity index (χ0v) is 19.0. The number of ether oxygens (including phenoxy) is 1. The summed E-state index contributed by atoms with van der Waals surface area (Å²) < 4.78 is 5.81. The molecule has 2 aromatic carbocycles. The van der Waals surface area contributed by atoms with E-state index in [-0.39, 0.29) is 35.8 Å². The fourth-order valence-corrected chi connectivity index (χ4v) is 2.66. The molecule has 156 valence electrons. The Labute approximate surface area is 189 Å². The maximum Gasteiger partial charge on any atom is 0.223 e. The van der Waals surface area contributed by atoms with Crippen LogP contribution < -0.4 is 20.7 Å². The van der Waals surface area contributed by atoms with E-state index >= 15 is 0 Å². The van der Waals surface area contributed by atoms with Crippen LogP contribution in [0.15, 0.2) is 59.6 Å². The molecule has 29 heavy (non-hydrogen) atoms. The zero-order valence-electron chi connectivity index (χ0n) is 16.7. The molecule has 0 heterocycles. The van der Waals surface area contributed by atoms with E-state index in [4.69, 9.17) is 4.74 Å². The second-order valence-electron chi connectivity index (χ2n) is 6.75. The largest absolute Gasteiger partial charge is 0.457 e. The molecule has 3 rings (SSSR count). The summed E-state index contributed by atoms with van der Waals surface area (Å²) in [5, 5.41) is 9.41. The third-order valence-electron chi connectivity index (χ3n) is 4.33. The van der Waals surface area contributed by atoms with E-state index in [9.17, 15) is 4.79 Å². The van der Waals surface area contributed by atoms with Gasteiger partial charge in [0, 0.05) is 25.6 Å². The maximum absolute atomic E-state index is 11.6. The normalized spacial score (nSPS) is 13.2. The number of aliphatic imine (C=N–C) groups is 1. The monoisotopic (exact) mass is 508 g/mol. The summed E-state index contributed by atoms with van der Waals surface area (Å²) in [5.74, 6) is 2.78. The number of carbonyl (C=O) groups excluding carboxylic acids is 1. The first-order valence-electron chi connectivity index (χ1n) is 9.86. The fraction of sp³-hybridized carbons (Fsp3) is 0.364. The number of carbonyl (C=O) groups is 1. The van der Waals surface area contributed by atoms with Crippen molar-refractivity contribution in [3.05, 3.63) is 60.2 Å². The van der Waals surface area contributed by atoms with Crippen molar-refractivity contribution < 1.29 is 9.53 Å². The van der Waals surface area contributed by atoms with Crippen LogP contribution in [0.2, 0.25) is 0 Å². The van der Waals surface area contributed by atoms with E-state index < -0.39 is 0 Å². The lowest BCUT2D eigenvalue weighted by atomic mass is 10.2. The summed E-state index contributed by atoms with van der Waals surface area (Å²) >= 11 is 0. The van der Waals surface area contributed by atoms with Crippen molar-refractivity contribution in [3.8, 4) is 11.5 Å². The number of benzene rings is 2. The molecule has 0 atom stereocenters. The molecule has 2 aromatic rings.